The van der Waals surface area contributed by atoms with Crippen LogP contribution < -0.4 is 5.32 Å². The molecule has 0 spiro atoms. The van der Waals surface area contributed by atoms with Gasteiger partial charge < -0.3 is 14.6 Å². The first-order valence-electron chi connectivity index (χ1n) is 8.23. The summed E-state index contributed by atoms with van der Waals surface area (Å²) in [5, 5.41) is 4.86. The molecular weight excluding hydrogens is 345 g/mol. The average Bonchev–Trinajstić information content (AvgIpc) is 2.94. The van der Waals surface area contributed by atoms with Gasteiger partial charge in [0.1, 0.15) is 5.82 Å². The first kappa shape index (κ1) is 17.7. The van der Waals surface area contributed by atoms with Crippen LogP contribution in [0.4, 0.5) is 0 Å². The fraction of sp³-hybridized carbons (Fsp3) is 0.500. The van der Waals surface area contributed by atoms with E-state index in [9.17, 15) is 0 Å². The molecule has 1 N–H and O–H groups in total. The van der Waals surface area contributed by atoms with Crippen molar-refractivity contribution in [3.63, 3.8) is 0 Å². The Morgan fingerprint density at radius 3 is 2.67 bits per heavy atom. The molecule has 0 radical (unpaired) electrons. The van der Waals surface area contributed by atoms with Crippen molar-refractivity contribution in [2.24, 2.45) is 7.05 Å². The number of aryl methyl sites for hydroxylation is 1. The highest BCUT2D eigenvalue weighted by Gasteiger charge is 2.47. The summed E-state index contributed by atoms with van der Waals surface area (Å²) in [7, 11) is 3.75. The van der Waals surface area contributed by atoms with Crippen molar-refractivity contribution in [3.8, 4) is 0 Å². The van der Waals surface area contributed by atoms with Crippen LogP contribution in [0.2, 0.25) is 10.0 Å². The molecule has 1 heterocycles. The second-order valence-electron chi connectivity index (χ2n) is 6.41. The number of rotatable bonds is 7. The summed E-state index contributed by atoms with van der Waals surface area (Å²) < 4.78 is 7.30. The zero-order chi connectivity index (χ0) is 17.2. The van der Waals surface area contributed by atoms with Crippen LogP contribution in [-0.2, 0) is 17.2 Å². The molecule has 1 unspecified atom stereocenters. The van der Waals surface area contributed by atoms with Gasteiger partial charge in [-0.1, -0.05) is 35.7 Å². The second-order valence-corrected chi connectivity index (χ2v) is 7.23. The number of nitrogens with zero attached hydrogens (tertiary/aromatic N) is 2. The maximum absolute atomic E-state index is 6.30. The number of hydrogen-bond donors (Lipinski definition) is 1. The Morgan fingerprint density at radius 2 is 2.12 bits per heavy atom. The van der Waals surface area contributed by atoms with Gasteiger partial charge in [-0.25, -0.2) is 4.98 Å². The molecule has 2 aromatic rings. The fourth-order valence-electron chi connectivity index (χ4n) is 3.60. The maximum Gasteiger partial charge on any atom is 0.126 e. The van der Waals surface area contributed by atoms with Crippen molar-refractivity contribution < 1.29 is 4.74 Å². The lowest BCUT2D eigenvalue weighted by Gasteiger charge is -2.48. The zero-order valence-electron chi connectivity index (χ0n) is 14.1. The molecule has 6 heteroatoms. The van der Waals surface area contributed by atoms with E-state index in [1.165, 1.54) is 12.0 Å². The van der Waals surface area contributed by atoms with E-state index in [-0.39, 0.29) is 11.5 Å². The highest BCUT2D eigenvalue weighted by atomic mass is 35.5. The van der Waals surface area contributed by atoms with E-state index in [4.69, 9.17) is 27.9 Å². The molecule has 0 amide bonds. The highest BCUT2D eigenvalue weighted by Crippen LogP contribution is 2.52. The van der Waals surface area contributed by atoms with Crippen LogP contribution >= 0.6 is 23.2 Å². The predicted octanol–water partition coefficient (Wildman–Crippen LogP) is 4.13. The Balaban J connectivity index is 1.99. The maximum atomic E-state index is 6.30. The van der Waals surface area contributed by atoms with E-state index in [2.05, 4.69) is 20.9 Å². The molecule has 1 aromatic carbocycles. The predicted molar refractivity (Wildman–Crippen MR) is 97.8 cm³/mol. The minimum Gasteiger partial charge on any atom is -0.383 e. The lowest BCUT2D eigenvalue weighted by molar-refractivity contribution is 0.142. The standard InChI is InChI=1S/C18H23Cl2N3O/c1-23-10-8-22-17(23)16(21-9-11-24-2)18(6-3-7-18)13-4-5-14(19)15(20)12-13/h4-5,8,10,12,16,21H,3,6-7,9,11H2,1-2H3. The van der Waals surface area contributed by atoms with E-state index in [0.29, 0.717) is 16.7 Å². The Morgan fingerprint density at radius 1 is 1.33 bits per heavy atom. The molecule has 1 aliphatic carbocycles. The van der Waals surface area contributed by atoms with Gasteiger partial charge in [0.05, 0.1) is 22.7 Å². The summed E-state index contributed by atoms with van der Waals surface area (Å²) in [6.45, 7) is 1.44. The van der Waals surface area contributed by atoms with Gasteiger partial charge in [0.25, 0.3) is 0 Å². The van der Waals surface area contributed by atoms with Crippen molar-refractivity contribution in [2.75, 3.05) is 20.3 Å². The van der Waals surface area contributed by atoms with Gasteiger partial charge in [-0.15, -0.1) is 0 Å². The van der Waals surface area contributed by atoms with Gasteiger partial charge >= 0.3 is 0 Å². The lowest BCUT2D eigenvalue weighted by atomic mass is 9.59. The second kappa shape index (κ2) is 7.44. The number of halogens is 2. The molecule has 1 atom stereocenters. The minimum atomic E-state index is -0.0128. The van der Waals surface area contributed by atoms with Crippen LogP contribution in [0.1, 0.15) is 36.7 Å². The Labute approximate surface area is 153 Å². The van der Waals surface area contributed by atoms with Crippen LogP contribution in [0.5, 0.6) is 0 Å². The molecule has 0 bridgehead atoms. The van der Waals surface area contributed by atoms with Crippen LogP contribution in [-0.4, -0.2) is 29.8 Å². The number of ether oxygens (including phenoxy) is 1. The van der Waals surface area contributed by atoms with Crippen molar-refractivity contribution in [3.05, 3.63) is 52.0 Å². The molecule has 1 aromatic heterocycles. The molecule has 0 saturated heterocycles. The van der Waals surface area contributed by atoms with Crippen molar-refractivity contribution in [1.82, 2.24) is 14.9 Å². The first-order valence-corrected chi connectivity index (χ1v) is 8.99. The Bertz CT molecular complexity index is 697. The Hall–Kier alpha value is -1.07. The topological polar surface area (TPSA) is 39.1 Å². The fourth-order valence-corrected chi connectivity index (χ4v) is 3.90. The third-order valence-corrected chi connectivity index (χ3v) is 5.80. The van der Waals surface area contributed by atoms with Gasteiger partial charge in [0.15, 0.2) is 0 Å². The molecular formula is C18H23Cl2N3O. The van der Waals surface area contributed by atoms with Gasteiger partial charge in [0, 0.05) is 38.5 Å². The van der Waals surface area contributed by atoms with E-state index in [1.807, 2.05) is 31.6 Å². The first-order chi connectivity index (χ1) is 11.6. The summed E-state index contributed by atoms with van der Waals surface area (Å²) in [5.41, 5.74) is 1.21. The number of aromatic nitrogens is 2. The quantitative estimate of drug-likeness (QED) is 0.747. The average molecular weight is 368 g/mol. The molecule has 1 fully saturated rings. The summed E-state index contributed by atoms with van der Waals surface area (Å²) in [6.07, 6.45) is 7.24. The van der Waals surface area contributed by atoms with Gasteiger partial charge in [-0.05, 0) is 30.5 Å². The van der Waals surface area contributed by atoms with E-state index >= 15 is 0 Å². The number of nitrogens with one attached hydrogen (secondary N) is 1. The smallest absolute Gasteiger partial charge is 0.126 e. The molecule has 1 saturated carbocycles. The van der Waals surface area contributed by atoms with Gasteiger partial charge in [-0.3, -0.25) is 0 Å². The third-order valence-electron chi connectivity index (χ3n) is 5.06. The van der Waals surface area contributed by atoms with Gasteiger partial charge in [0.2, 0.25) is 0 Å². The minimum absolute atomic E-state index is 0.0128. The molecule has 3 rings (SSSR count). The molecule has 24 heavy (non-hydrogen) atoms. The number of hydrogen-bond acceptors (Lipinski definition) is 3. The number of benzene rings is 1. The van der Waals surface area contributed by atoms with Gasteiger partial charge in [-0.2, -0.15) is 0 Å². The molecule has 4 nitrogen and oxygen atoms in total. The molecule has 130 valence electrons. The summed E-state index contributed by atoms with van der Waals surface area (Å²) >= 11 is 12.4. The highest BCUT2D eigenvalue weighted by molar-refractivity contribution is 6.42. The van der Waals surface area contributed by atoms with E-state index in [0.717, 1.165) is 25.2 Å². The SMILES string of the molecule is COCCNC(c1nccn1C)C1(c2ccc(Cl)c(Cl)c2)CCC1. The van der Waals surface area contributed by atoms with Crippen molar-refractivity contribution >= 4 is 23.2 Å². The zero-order valence-corrected chi connectivity index (χ0v) is 15.6. The van der Waals surface area contributed by atoms with E-state index in [1.54, 1.807) is 7.11 Å². The van der Waals surface area contributed by atoms with Crippen molar-refractivity contribution in [1.29, 1.82) is 0 Å². The number of methoxy groups -OCH3 is 1. The normalized spacial score (nSPS) is 17.5. The molecule has 1 aliphatic rings. The third kappa shape index (κ3) is 3.21. The largest absolute Gasteiger partial charge is 0.383 e. The number of imidazole rings is 1. The van der Waals surface area contributed by atoms with Crippen LogP contribution in [0.3, 0.4) is 0 Å². The Kier molecular flexibility index (Phi) is 5.50. The summed E-state index contributed by atoms with van der Waals surface area (Å²) in [5.74, 6) is 1.04. The van der Waals surface area contributed by atoms with Crippen LogP contribution in [0, 0.1) is 0 Å². The van der Waals surface area contributed by atoms with Crippen LogP contribution in [0.25, 0.3) is 0 Å². The van der Waals surface area contributed by atoms with Crippen LogP contribution in [0.15, 0.2) is 30.6 Å². The lowest BCUT2D eigenvalue weighted by Crippen LogP contribution is -2.48. The monoisotopic (exact) mass is 367 g/mol. The molecule has 0 aliphatic heterocycles. The summed E-state index contributed by atoms with van der Waals surface area (Å²) in [6, 6.07) is 6.11. The summed E-state index contributed by atoms with van der Waals surface area (Å²) in [4.78, 5) is 4.61. The van der Waals surface area contributed by atoms with E-state index < -0.39 is 0 Å². The van der Waals surface area contributed by atoms with Crippen molar-refractivity contribution in [2.45, 2.75) is 30.7 Å².